The molecule has 1 aliphatic carbocycles. The maximum absolute atomic E-state index is 11.1. The first-order valence-corrected chi connectivity index (χ1v) is 11.4. The van der Waals surface area contributed by atoms with Crippen molar-refractivity contribution < 1.29 is 4.79 Å². The zero-order valence-corrected chi connectivity index (χ0v) is 18.2. The Balaban J connectivity index is 1.78. The standard InChI is InChI=1S/C24H35ClN2O/c1-3-4-5-10-17-27-22-13-12-20(25)18-21(22)24(14-7-8-15-24)23(27)11-6-9-16-26-19(2)28/h7,12-14,18,23H,3-6,8-11,15-17H2,1-2H3,(H,26,28)/t23?,24-/m1/s1. The summed E-state index contributed by atoms with van der Waals surface area (Å²) in [5.41, 5.74) is 2.93. The smallest absolute Gasteiger partial charge is 0.216 e. The van der Waals surface area contributed by atoms with Crippen molar-refractivity contribution in [1.29, 1.82) is 0 Å². The Morgan fingerprint density at radius 2 is 2.11 bits per heavy atom. The van der Waals surface area contributed by atoms with Gasteiger partial charge in [-0.05, 0) is 62.3 Å². The van der Waals surface area contributed by atoms with E-state index in [9.17, 15) is 4.79 Å². The molecule has 28 heavy (non-hydrogen) atoms. The predicted molar refractivity (Wildman–Crippen MR) is 119 cm³/mol. The molecule has 1 aliphatic heterocycles. The molecule has 4 heteroatoms. The number of carbonyl (C=O) groups is 1. The largest absolute Gasteiger partial charge is 0.367 e. The number of anilines is 1. The molecule has 2 aliphatic rings. The molecule has 3 nitrogen and oxygen atoms in total. The van der Waals surface area contributed by atoms with E-state index in [1.54, 1.807) is 6.92 Å². The van der Waals surface area contributed by atoms with Gasteiger partial charge in [0.1, 0.15) is 0 Å². The first kappa shape index (κ1) is 21.2. The van der Waals surface area contributed by atoms with E-state index in [0.29, 0.717) is 6.04 Å². The van der Waals surface area contributed by atoms with Gasteiger partial charge in [-0.1, -0.05) is 49.9 Å². The summed E-state index contributed by atoms with van der Waals surface area (Å²) in [6.07, 6.45) is 15.6. The maximum atomic E-state index is 11.1. The highest BCUT2D eigenvalue weighted by Gasteiger charge is 2.49. The van der Waals surface area contributed by atoms with Crippen LogP contribution in [0.5, 0.6) is 0 Å². The number of rotatable bonds is 10. The van der Waals surface area contributed by atoms with Gasteiger partial charge in [0, 0.05) is 42.2 Å². The van der Waals surface area contributed by atoms with Crippen LogP contribution in [0.15, 0.2) is 30.4 Å². The number of benzene rings is 1. The topological polar surface area (TPSA) is 32.3 Å². The Morgan fingerprint density at radius 3 is 2.82 bits per heavy atom. The summed E-state index contributed by atoms with van der Waals surface area (Å²) >= 11 is 6.42. The van der Waals surface area contributed by atoms with Gasteiger partial charge in [-0.3, -0.25) is 4.79 Å². The van der Waals surface area contributed by atoms with Crippen molar-refractivity contribution in [3.8, 4) is 0 Å². The van der Waals surface area contributed by atoms with Crippen LogP contribution in [0.4, 0.5) is 5.69 Å². The zero-order valence-electron chi connectivity index (χ0n) is 17.5. The van der Waals surface area contributed by atoms with Crippen LogP contribution in [0, 0.1) is 0 Å². The van der Waals surface area contributed by atoms with Crippen LogP contribution >= 0.6 is 11.6 Å². The van der Waals surface area contributed by atoms with Gasteiger partial charge < -0.3 is 10.2 Å². The lowest BCUT2D eigenvalue weighted by Gasteiger charge is -2.36. The molecule has 3 rings (SSSR count). The van der Waals surface area contributed by atoms with Gasteiger partial charge in [-0.15, -0.1) is 0 Å². The van der Waals surface area contributed by atoms with E-state index < -0.39 is 0 Å². The number of halogens is 1. The molecular formula is C24H35ClN2O. The number of nitrogens with zero attached hydrogens (tertiary/aromatic N) is 1. The average Bonchev–Trinajstić information content (AvgIpc) is 3.24. The summed E-state index contributed by atoms with van der Waals surface area (Å²) < 4.78 is 0. The molecule has 1 unspecified atom stereocenters. The fourth-order valence-corrected chi connectivity index (χ4v) is 5.26. The number of carbonyl (C=O) groups excluding carboxylic acids is 1. The number of hydrogen-bond acceptors (Lipinski definition) is 2. The number of fused-ring (bicyclic) bond motifs is 2. The Labute approximate surface area is 175 Å². The van der Waals surface area contributed by atoms with Gasteiger partial charge in [0.15, 0.2) is 0 Å². The van der Waals surface area contributed by atoms with Crippen LogP contribution < -0.4 is 10.2 Å². The van der Waals surface area contributed by atoms with Crippen LogP contribution in [-0.4, -0.2) is 25.0 Å². The highest BCUT2D eigenvalue weighted by molar-refractivity contribution is 6.30. The first-order valence-electron chi connectivity index (χ1n) is 11.1. The number of nitrogens with one attached hydrogen (secondary N) is 1. The second-order valence-electron chi connectivity index (χ2n) is 8.39. The van der Waals surface area contributed by atoms with E-state index in [2.05, 4.69) is 41.4 Å². The van der Waals surface area contributed by atoms with Gasteiger partial charge in [-0.25, -0.2) is 0 Å². The molecule has 154 valence electrons. The molecule has 1 spiro atoms. The Kier molecular flexibility index (Phi) is 7.45. The van der Waals surface area contributed by atoms with E-state index in [4.69, 9.17) is 11.6 Å². The summed E-state index contributed by atoms with van der Waals surface area (Å²) in [5, 5.41) is 3.78. The number of unbranched alkanes of at least 4 members (excludes halogenated alkanes) is 4. The van der Waals surface area contributed by atoms with Crippen LogP contribution in [0.3, 0.4) is 0 Å². The monoisotopic (exact) mass is 402 g/mol. The van der Waals surface area contributed by atoms with Crippen molar-refractivity contribution in [3.63, 3.8) is 0 Å². The van der Waals surface area contributed by atoms with Gasteiger partial charge in [0.2, 0.25) is 5.91 Å². The van der Waals surface area contributed by atoms with E-state index in [0.717, 1.165) is 43.8 Å². The van der Waals surface area contributed by atoms with Crippen LogP contribution in [-0.2, 0) is 10.2 Å². The SMILES string of the molecule is CCCCCCN1c2ccc(Cl)cc2[C@]2(C=CCC2)C1CCCCNC(C)=O. The predicted octanol–water partition coefficient (Wildman–Crippen LogP) is 6.00. The minimum Gasteiger partial charge on any atom is -0.367 e. The first-order chi connectivity index (χ1) is 13.6. The highest BCUT2D eigenvalue weighted by atomic mass is 35.5. The molecule has 0 saturated heterocycles. The Hall–Kier alpha value is -1.48. The Morgan fingerprint density at radius 1 is 1.25 bits per heavy atom. The lowest BCUT2D eigenvalue weighted by Crippen LogP contribution is -2.43. The third-order valence-electron chi connectivity index (χ3n) is 6.41. The fourth-order valence-electron chi connectivity index (χ4n) is 5.08. The van der Waals surface area contributed by atoms with E-state index in [1.807, 2.05) is 6.07 Å². The molecular weight excluding hydrogens is 368 g/mol. The van der Waals surface area contributed by atoms with Crippen LogP contribution in [0.2, 0.25) is 5.02 Å². The van der Waals surface area contributed by atoms with Gasteiger partial charge >= 0.3 is 0 Å². The zero-order chi connectivity index (χ0) is 20.0. The minimum absolute atomic E-state index is 0.0654. The van der Waals surface area contributed by atoms with Crippen molar-refractivity contribution in [2.45, 2.75) is 83.1 Å². The second kappa shape index (κ2) is 9.82. The maximum Gasteiger partial charge on any atom is 0.216 e. The lowest BCUT2D eigenvalue weighted by molar-refractivity contribution is -0.118. The number of amides is 1. The Bertz CT molecular complexity index is 702. The van der Waals surface area contributed by atoms with Gasteiger partial charge in [-0.2, -0.15) is 0 Å². The number of allylic oxidation sites excluding steroid dienone is 1. The third kappa shape index (κ3) is 4.56. The van der Waals surface area contributed by atoms with Gasteiger partial charge in [0.25, 0.3) is 0 Å². The summed E-state index contributed by atoms with van der Waals surface area (Å²) in [5.74, 6) is 0.0654. The quantitative estimate of drug-likeness (QED) is 0.384. The van der Waals surface area contributed by atoms with E-state index >= 15 is 0 Å². The van der Waals surface area contributed by atoms with Crippen LogP contribution in [0.25, 0.3) is 0 Å². The molecule has 0 bridgehead atoms. The van der Waals surface area contributed by atoms with Crippen LogP contribution in [0.1, 0.15) is 77.2 Å². The van der Waals surface area contributed by atoms with Crippen molar-refractivity contribution in [1.82, 2.24) is 5.32 Å². The molecule has 0 radical (unpaired) electrons. The molecule has 0 fully saturated rings. The summed E-state index contributed by atoms with van der Waals surface area (Å²) in [4.78, 5) is 13.8. The minimum atomic E-state index is 0.0654. The summed E-state index contributed by atoms with van der Waals surface area (Å²) in [6.45, 7) is 5.76. The molecule has 0 aromatic heterocycles. The van der Waals surface area contributed by atoms with E-state index in [-0.39, 0.29) is 11.3 Å². The molecule has 1 amide bonds. The number of hydrogen-bond donors (Lipinski definition) is 1. The van der Waals surface area contributed by atoms with Crippen molar-refractivity contribution in [2.75, 3.05) is 18.0 Å². The average molecular weight is 403 g/mol. The lowest BCUT2D eigenvalue weighted by atomic mass is 9.74. The molecule has 1 N–H and O–H groups in total. The third-order valence-corrected chi connectivity index (χ3v) is 6.65. The fraction of sp³-hybridized carbons (Fsp3) is 0.625. The molecule has 1 heterocycles. The van der Waals surface area contributed by atoms with E-state index in [1.165, 1.54) is 43.4 Å². The molecule has 1 aromatic rings. The summed E-state index contributed by atoms with van der Waals surface area (Å²) in [7, 11) is 0. The highest BCUT2D eigenvalue weighted by Crippen LogP contribution is 2.53. The van der Waals surface area contributed by atoms with Crippen molar-refractivity contribution in [3.05, 3.63) is 40.9 Å². The molecule has 1 aromatic carbocycles. The molecule has 2 atom stereocenters. The van der Waals surface area contributed by atoms with Gasteiger partial charge in [0.05, 0.1) is 0 Å². The molecule has 0 saturated carbocycles. The van der Waals surface area contributed by atoms with Crippen molar-refractivity contribution >= 4 is 23.2 Å². The summed E-state index contributed by atoms with van der Waals surface area (Å²) in [6, 6.07) is 7.00. The normalized spacial score (nSPS) is 22.8. The second-order valence-corrected chi connectivity index (χ2v) is 8.83. The van der Waals surface area contributed by atoms with Crippen molar-refractivity contribution in [2.24, 2.45) is 0 Å².